The zero-order valence-corrected chi connectivity index (χ0v) is 16.6. The van der Waals surface area contributed by atoms with Gasteiger partial charge in [0.25, 0.3) is 11.8 Å². The van der Waals surface area contributed by atoms with Crippen molar-refractivity contribution in [1.29, 1.82) is 0 Å². The first-order valence-corrected chi connectivity index (χ1v) is 8.95. The van der Waals surface area contributed by atoms with Crippen molar-refractivity contribution >= 4 is 17.8 Å². The maximum absolute atomic E-state index is 12.1. The van der Waals surface area contributed by atoms with E-state index in [1.165, 1.54) is 0 Å². The van der Waals surface area contributed by atoms with E-state index in [2.05, 4.69) is 26.1 Å². The number of carbonyl (C=O) groups excluding carboxylic acids is 3. The van der Waals surface area contributed by atoms with Crippen LogP contribution in [0.4, 0.5) is 0 Å². The van der Waals surface area contributed by atoms with Crippen LogP contribution < -0.4 is 10.1 Å². The summed E-state index contributed by atoms with van der Waals surface area (Å²) in [7, 11) is 0. The van der Waals surface area contributed by atoms with Crippen molar-refractivity contribution in [3.05, 3.63) is 65.2 Å². The number of nitrogens with one attached hydrogen (secondary N) is 1. The lowest BCUT2D eigenvalue weighted by atomic mass is 9.87. The van der Waals surface area contributed by atoms with Gasteiger partial charge in [0, 0.05) is 5.56 Å². The zero-order valence-electron chi connectivity index (χ0n) is 16.6. The Labute approximate surface area is 164 Å². The number of carbonyl (C=O) groups is 3. The molecule has 0 radical (unpaired) electrons. The molecule has 1 N–H and O–H groups in total. The van der Waals surface area contributed by atoms with E-state index in [-0.39, 0.29) is 12.0 Å². The van der Waals surface area contributed by atoms with E-state index < -0.39 is 24.4 Å². The lowest BCUT2D eigenvalue weighted by molar-refractivity contribution is -0.150. The first-order valence-electron chi connectivity index (χ1n) is 8.95. The summed E-state index contributed by atoms with van der Waals surface area (Å²) in [6.07, 6.45) is 0. The molecule has 0 unspecified atom stereocenters. The smallest absolute Gasteiger partial charge is 0.344 e. The lowest BCUT2D eigenvalue weighted by Gasteiger charge is -2.19. The van der Waals surface area contributed by atoms with Crippen LogP contribution in [0, 0.1) is 6.92 Å². The molecule has 0 spiro atoms. The monoisotopic (exact) mass is 383 g/mol. The summed E-state index contributed by atoms with van der Waals surface area (Å²) in [6.45, 7) is 7.25. The molecular weight excluding hydrogens is 358 g/mol. The van der Waals surface area contributed by atoms with Crippen molar-refractivity contribution in [3.63, 3.8) is 0 Å². The minimum atomic E-state index is -0.700. The van der Waals surface area contributed by atoms with Gasteiger partial charge in [-0.05, 0) is 47.7 Å². The van der Waals surface area contributed by atoms with Crippen LogP contribution >= 0.6 is 0 Å². The molecule has 0 atom stereocenters. The predicted octanol–water partition coefficient (Wildman–Crippen LogP) is 3.17. The summed E-state index contributed by atoms with van der Waals surface area (Å²) in [5, 5.41) is 2.20. The highest BCUT2D eigenvalue weighted by Gasteiger charge is 2.16. The number of rotatable bonds is 6. The topological polar surface area (TPSA) is 81.7 Å². The van der Waals surface area contributed by atoms with Crippen LogP contribution in [0.1, 0.15) is 42.3 Å². The van der Waals surface area contributed by atoms with Crippen LogP contribution in [0.3, 0.4) is 0 Å². The molecule has 28 heavy (non-hydrogen) atoms. The number of amides is 2. The van der Waals surface area contributed by atoms with Gasteiger partial charge in [-0.15, -0.1) is 0 Å². The molecule has 0 aliphatic carbocycles. The summed E-state index contributed by atoms with van der Waals surface area (Å²) < 4.78 is 10.1. The first-order chi connectivity index (χ1) is 13.1. The molecule has 0 bridgehead atoms. The molecule has 0 aromatic heterocycles. The van der Waals surface area contributed by atoms with Crippen molar-refractivity contribution in [2.75, 3.05) is 13.2 Å². The summed E-state index contributed by atoms with van der Waals surface area (Å²) in [5.41, 5.74) is 2.41. The molecule has 0 heterocycles. The van der Waals surface area contributed by atoms with Gasteiger partial charge in [0.1, 0.15) is 5.75 Å². The Balaban J connectivity index is 1.77. The second kappa shape index (κ2) is 9.17. The molecule has 0 saturated carbocycles. The summed E-state index contributed by atoms with van der Waals surface area (Å²) in [4.78, 5) is 35.6. The Morgan fingerprint density at radius 3 is 2.25 bits per heavy atom. The van der Waals surface area contributed by atoms with E-state index in [1.54, 1.807) is 24.3 Å². The molecule has 2 aromatic carbocycles. The molecule has 2 amide bonds. The Morgan fingerprint density at radius 1 is 0.964 bits per heavy atom. The van der Waals surface area contributed by atoms with E-state index in [0.717, 1.165) is 11.1 Å². The molecule has 6 nitrogen and oxygen atoms in total. The largest absolute Gasteiger partial charge is 0.482 e. The number of hydrogen-bond donors (Lipinski definition) is 1. The van der Waals surface area contributed by atoms with Crippen molar-refractivity contribution in [3.8, 4) is 5.75 Å². The second-order valence-corrected chi connectivity index (χ2v) is 7.47. The van der Waals surface area contributed by atoms with Gasteiger partial charge in [-0.2, -0.15) is 0 Å². The Morgan fingerprint density at radius 2 is 1.64 bits per heavy atom. The molecule has 2 rings (SSSR count). The van der Waals surface area contributed by atoms with Gasteiger partial charge in [-0.3, -0.25) is 14.9 Å². The Bertz CT molecular complexity index is 850. The number of benzene rings is 2. The normalized spacial score (nSPS) is 10.9. The molecule has 0 fully saturated rings. The fraction of sp³-hybridized carbons (Fsp3) is 0.318. The quantitative estimate of drug-likeness (QED) is 0.775. The maximum atomic E-state index is 12.1. The molecule has 148 valence electrons. The summed E-state index contributed by atoms with van der Waals surface area (Å²) >= 11 is 0. The average molecular weight is 383 g/mol. The number of hydrogen-bond acceptors (Lipinski definition) is 5. The maximum Gasteiger partial charge on any atom is 0.344 e. The van der Waals surface area contributed by atoms with E-state index in [4.69, 9.17) is 9.47 Å². The van der Waals surface area contributed by atoms with Gasteiger partial charge in [-0.25, -0.2) is 4.79 Å². The average Bonchev–Trinajstić information content (AvgIpc) is 2.64. The van der Waals surface area contributed by atoms with E-state index in [9.17, 15) is 14.4 Å². The SMILES string of the molecule is Cc1cccc(OCC(=O)OCC(=O)NC(=O)c2ccc(C(C)(C)C)cc2)c1. The third-order valence-electron chi connectivity index (χ3n) is 3.98. The Kier molecular flexibility index (Phi) is 6.93. The van der Waals surface area contributed by atoms with E-state index in [1.807, 2.05) is 31.2 Å². The third-order valence-corrected chi connectivity index (χ3v) is 3.98. The fourth-order valence-corrected chi connectivity index (χ4v) is 2.39. The highest BCUT2D eigenvalue weighted by atomic mass is 16.6. The van der Waals surface area contributed by atoms with Crippen LogP contribution in [-0.4, -0.2) is 31.0 Å². The predicted molar refractivity (Wildman–Crippen MR) is 105 cm³/mol. The minimum absolute atomic E-state index is 0.0282. The van der Waals surface area contributed by atoms with Crippen LogP contribution in [-0.2, 0) is 19.7 Å². The molecule has 2 aromatic rings. The van der Waals surface area contributed by atoms with Crippen LogP contribution in [0.15, 0.2) is 48.5 Å². The Hall–Kier alpha value is -3.15. The van der Waals surface area contributed by atoms with Gasteiger partial charge >= 0.3 is 5.97 Å². The molecule has 6 heteroatoms. The van der Waals surface area contributed by atoms with Gasteiger partial charge in [0.2, 0.25) is 0 Å². The first kappa shape index (κ1) is 21.2. The third kappa shape index (κ3) is 6.54. The highest BCUT2D eigenvalue weighted by molar-refractivity contribution is 6.05. The van der Waals surface area contributed by atoms with Gasteiger partial charge < -0.3 is 9.47 Å². The van der Waals surface area contributed by atoms with E-state index >= 15 is 0 Å². The molecule has 0 aliphatic heterocycles. The van der Waals surface area contributed by atoms with Gasteiger partial charge in [-0.1, -0.05) is 45.0 Å². The second-order valence-electron chi connectivity index (χ2n) is 7.47. The van der Waals surface area contributed by atoms with Crippen molar-refractivity contribution in [2.24, 2.45) is 0 Å². The van der Waals surface area contributed by atoms with Crippen LogP contribution in [0.5, 0.6) is 5.75 Å². The number of ether oxygens (including phenoxy) is 2. The number of aryl methyl sites for hydroxylation is 1. The lowest BCUT2D eigenvalue weighted by Crippen LogP contribution is -2.34. The van der Waals surface area contributed by atoms with Gasteiger partial charge in [0.05, 0.1) is 0 Å². The number of imide groups is 1. The highest BCUT2D eigenvalue weighted by Crippen LogP contribution is 2.22. The van der Waals surface area contributed by atoms with Crippen LogP contribution in [0.25, 0.3) is 0 Å². The van der Waals surface area contributed by atoms with E-state index in [0.29, 0.717) is 11.3 Å². The molecular formula is C22H25NO5. The number of esters is 1. The standard InChI is InChI=1S/C22H25NO5/c1-15-6-5-7-18(12-15)27-14-20(25)28-13-19(24)23-21(26)16-8-10-17(11-9-16)22(2,3)4/h5-12H,13-14H2,1-4H3,(H,23,24,26). The van der Waals surface area contributed by atoms with Crippen LogP contribution in [0.2, 0.25) is 0 Å². The van der Waals surface area contributed by atoms with Gasteiger partial charge in [0.15, 0.2) is 13.2 Å². The van der Waals surface area contributed by atoms with Crippen molar-refractivity contribution in [1.82, 2.24) is 5.32 Å². The molecule has 0 saturated heterocycles. The fourth-order valence-electron chi connectivity index (χ4n) is 2.39. The van der Waals surface area contributed by atoms with Crippen molar-refractivity contribution in [2.45, 2.75) is 33.1 Å². The minimum Gasteiger partial charge on any atom is -0.482 e. The summed E-state index contributed by atoms with van der Waals surface area (Å²) in [5.74, 6) is -1.40. The van der Waals surface area contributed by atoms with Crippen molar-refractivity contribution < 1.29 is 23.9 Å². The zero-order chi connectivity index (χ0) is 20.7. The molecule has 0 aliphatic rings. The summed E-state index contributed by atoms with van der Waals surface area (Å²) in [6, 6.07) is 14.2.